The zero-order valence-corrected chi connectivity index (χ0v) is 13.4. The molecule has 1 unspecified atom stereocenters. The maximum absolute atomic E-state index is 12.3. The second-order valence-electron chi connectivity index (χ2n) is 4.27. The van der Waals surface area contributed by atoms with E-state index in [4.69, 9.17) is 11.6 Å². The number of rotatable bonds is 4. The van der Waals surface area contributed by atoms with E-state index in [1.165, 1.54) is 25.7 Å². The minimum absolute atomic E-state index is 0. The third kappa shape index (κ3) is 4.02. The Morgan fingerprint density at radius 3 is 2.72 bits per heavy atom. The van der Waals surface area contributed by atoms with Crippen LogP contribution in [0.15, 0.2) is 23.1 Å². The summed E-state index contributed by atoms with van der Waals surface area (Å²) in [5.74, 6) is 0. The second kappa shape index (κ2) is 7.98. The molecule has 1 saturated carbocycles. The SMILES string of the molecule is CSc1cccc(Cl)c1C(=O)PC1CCCC1.[H-].[Li+]. The van der Waals surface area contributed by atoms with Crippen molar-refractivity contribution in [3.05, 3.63) is 28.8 Å². The molecule has 2 rings (SSSR count). The average Bonchev–Trinajstić information content (AvgIpc) is 2.81. The maximum atomic E-state index is 12.3. The van der Waals surface area contributed by atoms with Crippen LogP contribution < -0.4 is 18.9 Å². The Kier molecular flexibility index (Phi) is 7.37. The van der Waals surface area contributed by atoms with Gasteiger partial charge in [-0.3, -0.25) is 4.79 Å². The molecular weight excluding hydrogens is 278 g/mol. The fraction of sp³-hybridized carbons (Fsp3) is 0.462. The largest absolute Gasteiger partial charge is 1.00 e. The van der Waals surface area contributed by atoms with Gasteiger partial charge in [-0.05, 0) is 45.5 Å². The van der Waals surface area contributed by atoms with E-state index in [9.17, 15) is 4.79 Å². The van der Waals surface area contributed by atoms with Gasteiger partial charge in [0, 0.05) is 4.90 Å². The van der Waals surface area contributed by atoms with Crippen LogP contribution in [-0.2, 0) is 0 Å². The van der Waals surface area contributed by atoms with E-state index in [1.807, 2.05) is 24.5 Å². The van der Waals surface area contributed by atoms with Crippen LogP contribution in [0.1, 0.15) is 37.5 Å². The van der Waals surface area contributed by atoms with E-state index < -0.39 is 0 Å². The summed E-state index contributed by atoms with van der Waals surface area (Å²) in [6.07, 6.45) is 6.97. The van der Waals surface area contributed by atoms with Gasteiger partial charge in [-0.25, -0.2) is 0 Å². The summed E-state index contributed by atoms with van der Waals surface area (Å²) in [7, 11) is 0.396. The van der Waals surface area contributed by atoms with Crippen LogP contribution in [-0.4, -0.2) is 17.4 Å². The van der Waals surface area contributed by atoms with Gasteiger partial charge in [-0.1, -0.05) is 30.5 Å². The molecule has 0 N–H and O–H groups in total. The standard InChI is InChI=1S/C13H16ClOPS.Li.H/c1-17-11-8-4-7-10(14)12(11)13(15)16-9-5-2-3-6-9;;/h4,7-9,16H,2-3,5-6H2,1H3;;/q;+1;-1. The van der Waals surface area contributed by atoms with Gasteiger partial charge in [-0.2, -0.15) is 0 Å². The minimum Gasteiger partial charge on any atom is -1.00 e. The third-order valence-corrected chi connectivity index (χ3v) is 5.71. The Labute approximate surface area is 133 Å². The van der Waals surface area contributed by atoms with Crippen LogP contribution in [0.4, 0.5) is 0 Å². The summed E-state index contributed by atoms with van der Waals surface area (Å²) in [6, 6.07) is 5.69. The predicted octanol–water partition coefficient (Wildman–Crippen LogP) is 1.94. The van der Waals surface area contributed by atoms with Crippen LogP contribution in [0.5, 0.6) is 0 Å². The number of carbonyl (C=O) groups is 1. The molecule has 5 heteroatoms. The Morgan fingerprint density at radius 1 is 1.44 bits per heavy atom. The molecule has 0 aromatic heterocycles. The van der Waals surface area contributed by atoms with Crippen LogP contribution in [0.25, 0.3) is 0 Å². The molecule has 94 valence electrons. The number of thioether (sulfide) groups is 1. The van der Waals surface area contributed by atoms with Crippen molar-refractivity contribution in [1.82, 2.24) is 0 Å². The topological polar surface area (TPSA) is 17.1 Å². The minimum atomic E-state index is 0. The molecule has 0 aliphatic heterocycles. The number of hydrogen-bond acceptors (Lipinski definition) is 2. The van der Waals surface area contributed by atoms with Gasteiger partial charge in [0.25, 0.3) is 0 Å². The summed E-state index contributed by atoms with van der Waals surface area (Å²) in [6.45, 7) is 0. The molecule has 1 fully saturated rings. The molecule has 1 nitrogen and oxygen atoms in total. The van der Waals surface area contributed by atoms with Gasteiger partial charge < -0.3 is 1.43 Å². The summed E-state index contributed by atoms with van der Waals surface area (Å²) >= 11 is 7.75. The number of halogens is 1. The molecule has 1 aromatic rings. The maximum Gasteiger partial charge on any atom is 1.00 e. The van der Waals surface area contributed by atoms with Crippen LogP contribution >= 0.6 is 31.9 Å². The quantitative estimate of drug-likeness (QED) is 0.480. The van der Waals surface area contributed by atoms with Crippen molar-refractivity contribution in [1.29, 1.82) is 0 Å². The van der Waals surface area contributed by atoms with Crippen molar-refractivity contribution in [3.8, 4) is 0 Å². The molecule has 0 amide bonds. The molecule has 0 radical (unpaired) electrons. The number of carbonyl (C=O) groups excluding carboxylic acids is 1. The predicted molar refractivity (Wildman–Crippen MR) is 79.2 cm³/mol. The monoisotopic (exact) mass is 294 g/mol. The summed E-state index contributed by atoms with van der Waals surface area (Å²) in [5, 5.41) is 0.604. The van der Waals surface area contributed by atoms with Crippen molar-refractivity contribution < 1.29 is 25.1 Å². The molecule has 0 bridgehead atoms. The molecular formula is C13H17ClLiOPS. The van der Waals surface area contributed by atoms with Crippen LogP contribution in [0.2, 0.25) is 5.02 Å². The Hall–Kier alpha value is 0.557. The first kappa shape index (κ1) is 16.6. The molecule has 1 atom stereocenters. The average molecular weight is 295 g/mol. The van der Waals surface area contributed by atoms with Crippen LogP contribution in [0, 0.1) is 0 Å². The molecule has 0 heterocycles. The molecule has 1 aromatic carbocycles. The Morgan fingerprint density at radius 2 is 2.11 bits per heavy atom. The van der Waals surface area contributed by atoms with Gasteiger partial charge in [0.2, 0.25) is 0 Å². The fourth-order valence-corrected chi connectivity index (χ4v) is 4.81. The van der Waals surface area contributed by atoms with Gasteiger partial charge in [-0.15, -0.1) is 11.8 Å². The van der Waals surface area contributed by atoms with Crippen molar-refractivity contribution in [3.63, 3.8) is 0 Å². The smallest absolute Gasteiger partial charge is 1.00 e. The zero-order valence-electron chi connectivity index (χ0n) is 11.8. The van der Waals surface area contributed by atoms with Gasteiger partial charge in [0.1, 0.15) is 0 Å². The van der Waals surface area contributed by atoms with E-state index in [0.717, 1.165) is 10.5 Å². The van der Waals surface area contributed by atoms with Crippen molar-refractivity contribution >= 4 is 37.5 Å². The van der Waals surface area contributed by atoms with E-state index in [-0.39, 0.29) is 25.8 Å². The summed E-state index contributed by atoms with van der Waals surface area (Å²) < 4.78 is 0. The zero-order chi connectivity index (χ0) is 12.3. The van der Waals surface area contributed by atoms with Gasteiger partial charge in [0.05, 0.1) is 10.6 Å². The molecule has 18 heavy (non-hydrogen) atoms. The third-order valence-electron chi connectivity index (χ3n) is 3.11. The number of benzene rings is 1. The van der Waals surface area contributed by atoms with E-state index >= 15 is 0 Å². The first-order chi connectivity index (χ1) is 8.22. The van der Waals surface area contributed by atoms with E-state index in [1.54, 1.807) is 11.8 Å². The summed E-state index contributed by atoms with van der Waals surface area (Å²) in [5.41, 5.74) is 1.59. The second-order valence-corrected chi connectivity index (χ2v) is 7.09. The molecule has 1 aliphatic rings. The van der Waals surface area contributed by atoms with Gasteiger partial charge in [0.15, 0.2) is 5.52 Å². The van der Waals surface area contributed by atoms with Crippen molar-refractivity contribution in [2.24, 2.45) is 0 Å². The molecule has 0 saturated heterocycles. The molecule has 0 spiro atoms. The molecule has 1 aliphatic carbocycles. The first-order valence-electron chi connectivity index (χ1n) is 5.85. The summed E-state index contributed by atoms with van der Waals surface area (Å²) in [4.78, 5) is 13.3. The van der Waals surface area contributed by atoms with Gasteiger partial charge >= 0.3 is 18.9 Å². The van der Waals surface area contributed by atoms with Crippen LogP contribution in [0.3, 0.4) is 0 Å². The Bertz CT molecular complexity index is 427. The van der Waals surface area contributed by atoms with E-state index in [0.29, 0.717) is 19.3 Å². The van der Waals surface area contributed by atoms with E-state index in [2.05, 4.69) is 0 Å². The van der Waals surface area contributed by atoms with Crippen molar-refractivity contribution in [2.75, 3.05) is 6.26 Å². The first-order valence-corrected chi connectivity index (χ1v) is 8.53. The normalized spacial score (nSPS) is 16.1. The number of hydrogen-bond donors (Lipinski definition) is 0. The fourth-order valence-electron chi connectivity index (χ4n) is 2.22. The van der Waals surface area contributed by atoms with Crippen molar-refractivity contribution in [2.45, 2.75) is 36.2 Å². The Balaban J connectivity index is 0.00000162.